The maximum Gasteiger partial charge on any atom is 0.0995 e. The van der Waals surface area contributed by atoms with Gasteiger partial charge in [-0.25, -0.2) is 0 Å². The van der Waals surface area contributed by atoms with Gasteiger partial charge < -0.3 is 0 Å². The van der Waals surface area contributed by atoms with Crippen LogP contribution in [0, 0.1) is 22.7 Å². The molecule has 0 heterocycles. The molecule has 0 aliphatic heterocycles. The van der Waals surface area contributed by atoms with E-state index in [9.17, 15) is 0 Å². The van der Waals surface area contributed by atoms with Crippen LogP contribution >= 0.6 is 23.2 Å². The van der Waals surface area contributed by atoms with E-state index in [4.69, 9.17) is 33.7 Å². The first kappa shape index (κ1) is 9.86. The Balaban J connectivity index is 3.34. The number of rotatable bonds is 1. The fourth-order valence-corrected chi connectivity index (χ4v) is 1.52. The van der Waals surface area contributed by atoms with E-state index < -0.39 is 0 Å². The Bertz CT molecular complexity index is 413. The molecule has 1 aromatic carbocycles. The van der Waals surface area contributed by atoms with Crippen molar-refractivity contribution in [3.8, 4) is 12.1 Å². The number of halogens is 2. The highest BCUT2D eigenvalue weighted by molar-refractivity contribution is 6.35. The molecule has 4 heteroatoms. The van der Waals surface area contributed by atoms with Crippen molar-refractivity contribution in [2.75, 3.05) is 0 Å². The quantitative estimate of drug-likeness (QED) is 0.716. The summed E-state index contributed by atoms with van der Waals surface area (Å²) in [5, 5.41) is 18.0. The van der Waals surface area contributed by atoms with E-state index >= 15 is 0 Å². The molecule has 0 atom stereocenters. The Morgan fingerprint density at radius 3 is 2.46 bits per heavy atom. The Hall–Kier alpha value is -1.22. The van der Waals surface area contributed by atoms with Crippen molar-refractivity contribution in [2.24, 2.45) is 0 Å². The van der Waals surface area contributed by atoms with Gasteiger partial charge in [0.05, 0.1) is 24.1 Å². The van der Waals surface area contributed by atoms with Crippen molar-refractivity contribution in [2.45, 2.75) is 6.42 Å². The van der Waals surface area contributed by atoms with Crippen LogP contribution in [-0.4, -0.2) is 0 Å². The summed E-state index contributed by atoms with van der Waals surface area (Å²) in [5.41, 5.74) is 0.898. The first-order chi connectivity index (χ1) is 6.19. The minimum atomic E-state index is 0.124. The average molecular weight is 211 g/mol. The van der Waals surface area contributed by atoms with Gasteiger partial charge in [0.15, 0.2) is 0 Å². The van der Waals surface area contributed by atoms with Crippen LogP contribution in [0.1, 0.15) is 11.1 Å². The first-order valence-electron chi connectivity index (χ1n) is 3.44. The second-order valence-electron chi connectivity index (χ2n) is 2.36. The molecular formula is C9H4Cl2N2. The summed E-state index contributed by atoms with van der Waals surface area (Å²) < 4.78 is 0. The second kappa shape index (κ2) is 4.14. The van der Waals surface area contributed by atoms with Crippen molar-refractivity contribution in [3.63, 3.8) is 0 Å². The number of nitriles is 2. The lowest BCUT2D eigenvalue weighted by atomic mass is 10.1. The second-order valence-corrected chi connectivity index (χ2v) is 3.20. The Labute approximate surface area is 85.9 Å². The summed E-state index contributed by atoms with van der Waals surface area (Å²) in [6.07, 6.45) is 0.124. The van der Waals surface area contributed by atoms with E-state index in [1.54, 1.807) is 0 Å². The first-order valence-corrected chi connectivity index (χ1v) is 4.19. The normalized spacial score (nSPS) is 8.92. The molecule has 0 saturated heterocycles. The standard InChI is InChI=1S/C9H4Cl2N2/c10-7-3-6(5-13)8(1-2-12)9(11)4-7/h3-4H,1H2. The molecule has 1 aromatic rings. The summed E-state index contributed by atoms with van der Waals surface area (Å²) in [4.78, 5) is 0. The van der Waals surface area contributed by atoms with Crippen LogP contribution in [0.3, 0.4) is 0 Å². The van der Waals surface area contributed by atoms with Crippen molar-refractivity contribution < 1.29 is 0 Å². The summed E-state index contributed by atoms with van der Waals surface area (Å²) in [5.74, 6) is 0. The van der Waals surface area contributed by atoms with Gasteiger partial charge in [-0.15, -0.1) is 0 Å². The summed E-state index contributed by atoms with van der Waals surface area (Å²) in [7, 11) is 0. The predicted octanol–water partition coefficient (Wildman–Crippen LogP) is 2.93. The third-order valence-electron chi connectivity index (χ3n) is 1.54. The summed E-state index contributed by atoms with van der Waals surface area (Å²) >= 11 is 11.5. The molecule has 0 radical (unpaired) electrons. The maximum absolute atomic E-state index is 8.72. The average Bonchev–Trinajstić information content (AvgIpc) is 2.09. The number of hydrogen-bond donors (Lipinski definition) is 0. The highest BCUT2D eigenvalue weighted by Crippen LogP contribution is 2.25. The molecule has 0 aliphatic carbocycles. The predicted molar refractivity (Wildman–Crippen MR) is 50.5 cm³/mol. The van der Waals surface area contributed by atoms with Crippen LogP contribution in [0.4, 0.5) is 0 Å². The van der Waals surface area contributed by atoms with Crippen LogP contribution < -0.4 is 0 Å². The highest BCUT2D eigenvalue weighted by Gasteiger charge is 2.07. The minimum absolute atomic E-state index is 0.124. The molecule has 64 valence electrons. The monoisotopic (exact) mass is 210 g/mol. The topological polar surface area (TPSA) is 47.6 Å². The van der Waals surface area contributed by atoms with Gasteiger partial charge in [0.1, 0.15) is 0 Å². The van der Waals surface area contributed by atoms with E-state index in [-0.39, 0.29) is 6.42 Å². The van der Waals surface area contributed by atoms with Gasteiger partial charge in [-0.2, -0.15) is 10.5 Å². The lowest BCUT2D eigenvalue weighted by molar-refractivity contribution is 1.24. The van der Waals surface area contributed by atoms with E-state index in [2.05, 4.69) is 0 Å². The van der Waals surface area contributed by atoms with Gasteiger partial charge in [0.2, 0.25) is 0 Å². The van der Waals surface area contributed by atoms with Crippen LogP contribution in [0.5, 0.6) is 0 Å². The zero-order valence-corrected chi connectivity index (χ0v) is 8.02. The van der Waals surface area contributed by atoms with Gasteiger partial charge in [0, 0.05) is 15.6 Å². The Kier molecular flexibility index (Phi) is 3.14. The highest BCUT2D eigenvalue weighted by atomic mass is 35.5. The van der Waals surface area contributed by atoms with Gasteiger partial charge >= 0.3 is 0 Å². The SMILES string of the molecule is N#CCc1c(Cl)cc(Cl)cc1C#N. The number of benzene rings is 1. The van der Waals surface area contributed by atoms with E-state index in [0.717, 1.165) is 0 Å². The van der Waals surface area contributed by atoms with Crippen molar-refractivity contribution in [1.29, 1.82) is 10.5 Å². The molecule has 0 aliphatic rings. The van der Waals surface area contributed by atoms with E-state index in [1.165, 1.54) is 12.1 Å². The molecule has 0 amide bonds. The summed E-state index contributed by atoms with van der Waals surface area (Å²) in [6, 6.07) is 6.91. The molecule has 0 N–H and O–H groups in total. The van der Waals surface area contributed by atoms with Crippen LogP contribution in [0.25, 0.3) is 0 Å². The third-order valence-corrected chi connectivity index (χ3v) is 2.09. The van der Waals surface area contributed by atoms with Crippen LogP contribution in [-0.2, 0) is 6.42 Å². The molecular weight excluding hydrogens is 207 g/mol. The third kappa shape index (κ3) is 2.12. The van der Waals surface area contributed by atoms with Gasteiger partial charge in [-0.05, 0) is 12.1 Å². The van der Waals surface area contributed by atoms with Crippen molar-refractivity contribution in [3.05, 3.63) is 33.3 Å². The fourth-order valence-electron chi connectivity index (χ4n) is 0.962. The fraction of sp³-hybridized carbons (Fsp3) is 0.111. The molecule has 0 spiro atoms. The lowest BCUT2D eigenvalue weighted by Crippen LogP contribution is -1.90. The minimum Gasteiger partial charge on any atom is -0.198 e. The van der Waals surface area contributed by atoms with E-state index in [0.29, 0.717) is 21.2 Å². The van der Waals surface area contributed by atoms with Crippen molar-refractivity contribution in [1.82, 2.24) is 0 Å². The lowest BCUT2D eigenvalue weighted by Gasteiger charge is -2.02. The Morgan fingerprint density at radius 2 is 1.92 bits per heavy atom. The molecule has 0 unspecified atom stereocenters. The zero-order valence-electron chi connectivity index (χ0n) is 6.51. The van der Waals surface area contributed by atoms with Gasteiger partial charge in [-0.3, -0.25) is 0 Å². The smallest absolute Gasteiger partial charge is 0.0995 e. The van der Waals surface area contributed by atoms with Gasteiger partial charge in [0.25, 0.3) is 0 Å². The molecule has 0 bridgehead atoms. The molecule has 1 rings (SSSR count). The molecule has 13 heavy (non-hydrogen) atoms. The summed E-state index contributed by atoms with van der Waals surface area (Å²) in [6.45, 7) is 0. The number of hydrogen-bond acceptors (Lipinski definition) is 2. The van der Waals surface area contributed by atoms with Crippen LogP contribution in [0.15, 0.2) is 12.1 Å². The van der Waals surface area contributed by atoms with Crippen LogP contribution in [0.2, 0.25) is 10.0 Å². The van der Waals surface area contributed by atoms with Gasteiger partial charge in [-0.1, -0.05) is 23.2 Å². The van der Waals surface area contributed by atoms with E-state index in [1.807, 2.05) is 12.1 Å². The Morgan fingerprint density at radius 1 is 1.23 bits per heavy atom. The van der Waals surface area contributed by atoms with Crippen molar-refractivity contribution >= 4 is 23.2 Å². The zero-order chi connectivity index (χ0) is 9.84. The molecule has 0 fully saturated rings. The molecule has 0 aromatic heterocycles. The molecule has 0 saturated carbocycles. The largest absolute Gasteiger partial charge is 0.198 e. The maximum atomic E-state index is 8.72. The molecule has 2 nitrogen and oxygen atoms in total. The number of nitrogens with zero attached hydrogens (tertiary/aromatic N) is 2.